The molecule has 1 aromatic rings. The summed E-state index contributed by atoms with van der Waals surface area (Å²) in [5.74, 6) is 0. The lowest BCUT2D eigenvalue weighted by Crippen LogP contribution is -2.18. The van der Waals surface area contributed by atoms with Gasteiger partial charge < -0.3 is 4.90 Å². The second-order valence-electron chi connectivity index (χ2n) is 3.51. The van der Waals surface area contributed by atoms with Crippen molar-refractivity contribution in [3.05, 3.63) is 23.2 Å². The summed E-state index contributed by atoms with van der Waals surface area (Å²) in [6.07, 6.45) is 4.73. The summed E-state index contributed by atoms with van der Waals surface area (Å²) in [6, 6.07) is 6.16. The highest BCUT2D eigenvalue weighted by atomic mass is 35.5. The smallest absolute Gasteiger partial charge is 0.0519 e. The number of rotatable bonds is 2. The summed E-state index contributed by atoms with van der Waals surface area (Å²) in [7, 11) is 0. The third-order valence-corrected chi connectivity index (χ3v) is 3.61. The molecule has 1 aromatic carbocycles. The number of hydrogen-bond donors (Lipinski definition) is 0. The number of nitrogens with zero attached hydrogens (tertiary/aromatic N) is 1. The minimum atomic E-state index is 0.838. The van der Waals surface area contributed by atoms with E-state index < -0.39 is 0 Å². The van der Waals surface area contributed by atoms with Crippen LogP contribution < -0.4 is 4.90 Å². The molecule has 0 spiro atoms. The number of benzene rings is 1. The van der Waals surface area contributed by atoms with Crippen molar-refractivity contribution in [1.29, 1.82) is 0 Å². The molecule has 0 aliphatic carbocycles. The van der Waals surface area contributed by atoms with Crippen molar-refractivity contribution < 1.29 is 0 Å². The molecule has 1 heterocycles. The average molecular weight is 228 g/mol. The van der Waals surface area contributed by atoms with Crippen molar-refractivity contribution >= 4 is 29.1 Å². The zero-order valence-corrected chi connectivity index (χ0v) is 9.87. The molecule has 0 atom stereocenters. The minimum absolute atomic E-state index is 0.838. The van der Waals surface area contributed by atoms with Crippen LogP contribution in [0.5, 0.6) is 0 Å². The van der Waals surface area contributed by atoms with E-state index >= 15 is 0 Å². The van der Waals surface area contributed by atoms with Crippen molar-refractivity contribution in [3.63, 3.8) is 0 Å². The van der Waals surface area contributed by atoms with Gasteiger partial charge in [0.1, 0.15) is 0 Å². The molecule has 0 saturated carbocycles. The van der Waals surface area contributed by atoms with Crippen molar-refractivity contribution in [3.8, 4) is 0 Å². The van der Waals surface area contributed by atoms with Crippen molar-refractivity contribution in [2.75, 3.05) is 24.2 Å². The van der Waals surface area contributed by atoms with Crippen LogP contribution in [0.2, 0.25) is 5.02 Å². The van der Waals surface area contributed by atoms with Gasteiger partial charge in [-0.15, -0.1) is 11.8 Å². The largest absolute Gasteiger partial charge is 0.371 e. The lowest BCUT2D eigenvalue weighted by Gasteiger charge is -2.20. The zero-order chi connectivity index (χ0) is 9.97. The van der Waals surface area contributed by atoms with Crippen LogP contribution in [0.15, 0.2) is 23.1 Å². The van der Waals surface area contributed by atoms with Crippen molar-refractivity contribution in [2.24, 2.45) is 0 Å². The maximum Gasteiger partial charge on any atom is 0.0519 e. The van der Waals surface area contributed by atoms with E-state index in [0.29, 0.717) is 0 Å². The fourth-order valence-corrected chi connectivity index (χ4v) is 2.64. The summed E-state index contributed by atoms with van der Waals surface area (Å²) in [4.78, 5) is 3.76. The lowest BCUT2D eigenvalue weighted by atomic mass is 10.3. The van der Waals surface area contributed by atoms with Crippen LogP contribution in [-0.2, 0) is 0 Å². The van der Waals surface area contributed by atoms with Crippen LogP contribution in [0.25, 0.3) is 0 Å². The van der Waals surface area contributed by atoms with E-state index in [0.717, 1.165) is 5.02 Å². The number of thioether (sulfide) groups is 1. The van der Waals surface area contributed by atoms with Crippen LogP contribution >= 0.6 is 23.4 Å². The lowest BCUT2D eigenvalue weighted by molar-refractivity contribution is 0.949. The summed E-state index contributed by atoms with van der Waals surface area (Å²) < 4.78 is 0. The highest BCUT2D eigenvalue weighted by molar-refractivity contribution is 7.98. The average Bonchev–Trinajstić information content (AvgIpc) is 2.70. The Hall–Kier alpha value is -0.340. The highest BCUT2D eigenvalue weighted by Crippen LogP contribution is 2.33. The number of halogens is 1. The molecule has 1 saturated heterocycles. The molecular weight excluding hydrogens is 214 g/mol. The molecule has 0 aromatic heterocycles. The summed E-state index contributed by atoms with van der Waals surface area (Å²) in [5.41, 5.74) is 1.31. The molecule has 1 aliphatic heterocycles. The number of hydrogen-bond acceptors (Lipinski definition) is 2. The molecule has 0 unspecified atom stereocenters. The Morgan fingerprint density at radius 3 is 2.64 bits per heavy atom. The van der Waals surface area contributed by atoms with E-state index in [9.17, 15) is 0 Å². The van der Waals surface area contributed by atoms with Gasteiger partial charge in [0.25, 0.3) is 0 Å². The van der Waals surface area contributed by atoms with E-state index in [1.807, 2.05) is 6.07 Å². The zero-order valence-electron chi connectivity index (χ0n) is 8.29. The first kappa shape index (κ1) is 10.2. The van der Waals surface area contributed by atoms with Gasteiger partial charge in [0, 0.05) is 23.0 Å². The van der Waals surface area contributed by atoms with Crippen LogP contribution in [0.4, 0.5) is 5.69 Å². The molecule has 1 aliphatic rings. The monoisotopic (exact) mass is 227 g/mol. The van der Waals surface area contributed by atoms with E-state index in [4.69, 9.17) is 11.6 Å². The molecule has 76 valence electrons. The quantitative estimate of drug-likeness (QED) is 0.710. The molecule has 3 heteroatoms. The second-order valence-corrected chi connectivity index (χ2v) is 4.79. The van der Waals surface area contributed by atoms with Gasteiger partial charge in [-0.3, -0.25) is 0 Å². The Balaban J connectivity index is 2.33. The highest BCUT2D eigenvalue weighted by Gasteiger charge is 2.15. The SMILES string of the molecule is CSc1ccc(Cl)cc1N1CCCC1. The maximum absolute atomic E-state index is 6.02. The van der Waals surface area contributed by atoms with Gasteiger partial charge in [0.2, 0.25) is 0 Å². The predicted molar refractivity (Wildman–Crippen MR) is 64.7 cm³/mol. The third-order valence-electron chi connectivity index (χ3n) is 2.59. The van der Waals surface area contributed by atoms with Gasteiger partial charge in [-0.2, -0.15) is 0 Å². The van der Waals surface area contributed by atoms with E-state index in [1.165, 1.54) is 36.5 Å². The Morgan fingerprint density at radius 2 is 2.00 bits per heavy atom. The van der Waals surface area contributed by atoms with Gasteiger partial charge in [-0.05, 0) is 37.3 Å². The minimum Gasteiger partial charge on any atom is -0.371 e. The molecule has 1 nitrogen and oxygen atoms in total. The first-order valence-electron chi connectivity index (χ1n) is 4.90. The molecule has 2 rings (SSSR count). The van der Waals surface area contributed by atoms with Gasteiger partial charge in [-0.1, -0.05) is 11.6 Å². The summed E-state index contributed by atoms with van der Waals surface area (Å²) in [5, 5.41) is 0.838. The van der Waals surface area contributed by atoms with Gasteiger partial charge in [-0.25, -0.2) is 0 Å². The van der Waals surface area contributed by atoms with Crippen LogP contribution in [0, 0.1) is 0 Å². The Morgan fingerprint density at radius 1 is 1.29 bits per heavy atom. The molecule has 0 N–H and O–H groups in total. The van der Waals surface area contributed by atoms with Crippen LogP contribution in [0.3, 0.4) is 0 Å². The predicted octanol–water partition coefficient (Wildman–Crippen LogP) is 3.66. The Kier molecular flexibility index (Phi) is 3.24. The second kappa shape index (κ2) is 4.45. The fourth-order valence-electron chi connectivity index (χ4n) is 1.87. The van der Waals surface area contributed by atoms with Crippen molar-refractivity contribution in [1.82, 2.24) is 0 Å². The molecule has 0 amide bonds. The first-order chi connectivity index (χ1) is 6.81. The fraction of sp³-hybridized carbons (Fsp3) is 0.455. The maximum atomic E-state index is 6.02. The van der Waals surface area contributed by atoms with Gasteiger partial charge >= 0.3 is 0 Å². The van der Waals surface area contributed by atoms with Crippen LogP contribution in [-0.4, -0.2) is 19.3 Å². The number of anilines is 1. The molecule has 14 heavy (non-hydrogen) atoms. The standard InChI is InChI=1S/C11H14ClNS/c1-14-11-5-4-9(12)8-10(11)13-6-2-3-7-13/h4-5,8H,2-3,6-7H2,1H3. The first-order valence-corrected chi connectivity index (χ1v) is 6.50. The Labute approximate surface area is 94.4 Å². The van der Waals surface area contributed by atoms with Crippen molar-refractivity contribution in [2.45, 2.75) is 17.7 Å². The van der Waals surface area contributed by atoms with E-state index in [2.05, 4.69) is 23.3 Å². The van der Waals surface area contributed by atoms with Crippen LogP contribution in [0.1, 0.15) is 12.8 Å². The van der Waals surface area contributed by atoms with E-state index in [1.54, 1.807) is 11.8 Å². The normalized spacial score (nSPS) is 16.3. The summed E-state index contributed by atoms with van der Waals surface area (Å²) in [6.45, 7) is 2.35. The topological polar surface area (TPSA) is 3.24 Å². The molecular formula is C11H14ClNS. The third kappa shape index (κ3) is 2.01. The summed E-state index contributed by atoms with van der Waals surface area (Å²) >= 11 is 7.81. The van der Waals surface area contributed by atoms with Gasteiger partial charge in [0.05, 0.1) is 5.69 Å². The van der Waals surface area contributed by atoms with Gasteiger partial charge in [0.15, 0.2) is 0 Å². The molecule has 0 radical (unpaired) electrons. The Bertz CT molecular complexity index is 321. The molecule has 1 fully saturated rings. The molecule has 0 bridgehead atoms. The van der Waals surface area contributed by atoms with E-state index in [-0.39, 0.29) is 0 Å².